The SMILES string of the molecule is O=C([O-])C1=C(C[n+]2ccc(CCS(=O)(=O)[O-])cc2)CS[C@@H]2[C@H](NC(=O)[C@H](NC(=O)c3nc[nH]c3C(=O)O)c3ccccc3)C(=O)N12. The third kappa shape index (κ3) is 6.93. The molecule has 0 aliphatic carbocycles. The van der Waals surface area contributed by atoms with Gasteiger partial charge in [0, 0.05) is 29.2 Å². The van der Waals surface area contributed by atoms with E-state index in [2.05, 4.69) is 20.6 Å². The average Bonchev–Trinajstić information content (AvgIpc) is 3.52. The molecule has 3 aromatic rings. The number of aromatic carboxylic acids is 1. The van der Waals surface area contributed by atoms with Crippen molar-refractivity contribution in [1.82, 2.24) is 25.5 Å². The van der Waals surface area contributed by atoms with E-state index in [0.29, 0.717) is 16.7 Å². The lowest BCUT2D eigenvalue weighted by molar-refractivity contribution is -0.689. The number of aromatic nitrogens is 3. The Balaban J connectivity index is 1.31. The minimum absolute atomic E-state index is 0.0216. The zero-order chi connectivity index (χ0) is 33.2. The van der Waals surface area contributed by atoms with Crippen LogP contribution in [0.25, 0.3) is 0 Å². The van der Waals surface area contributed by atoms with E-state index in [1.54, 1.807) is 59.4 Å². The molecule has 0 unspecified atom stereocenters. The highest BCUT2D eigenvalue weighted by atomic mass is 32.2. The number of thioether (sulfide) groups is 1. The molecule has 4 N–H and O–H groups in total. The number of hydrogen-bond donors (Lipinski definition) is 4. The van der Waals surface area contributed by atoms with Gasteiger partial charge in [0.25, 0.3) is 11.8 Å². The van der Waals surface area contributed by atoms with Crippen LogP contribution in [0.3, 0.4) is 0 Å². The van der Waals surface area contributed by atoms with Gasteiger partial charge in [-0.05, 0) is 17.5 Å². The highest BCUT2D eigenvalue weighted by molar-refractivity contribution is 8.00. The summed E-state index contributed by atoms with van der Waals surface area (Å²) in [5, 5.41) is 25.8. The van der Waals surface area contributed by atoms with Crippen LogP contribution in [0, 0.1) is 0 Å². The Morgan fingerprint density at radius 2 is 1.85 bits per heavy atom. The topological polar surface area (TPSA) is 246 Å². The van der Waals surface area contributed by atoms with E-state index in [9.17, 15) is 47.2 Å². The summed E-state index contributed by atoms with van der Waals surface area (Å²) in [4.78, 5) is 70.5. The number of pyridine rings is 1. The van der Waals surface area contributed by atoms with Gasteiger partial charge in [0.05, 0.1) is 28.1 Å². The van der Waals surface area contributed by atoms with Gasteiger partial charge in [-0.1, -0.05) is 30.3 Å². The van der Waals surface area contributed by atoms with Crippen molar-refractivity contribution < 1.29 is 51.7 Å². The summed E-state index contributed by atoms with van der Waals surface area (Å²) >= 11 is 1.21. The number of rotatable bonds is 12. The number of benzene rings is 1. The van der Waals surface area contributed by atoms with Crippen molar-refractivity contribution in [2.24, 2.45) is 0 Å². The molecule has 0 bridgehead atoms. The average molecular weight is 670 g/mol. The van der Waals surface area contributed by atoms with Crippen LogP contribution in [0.4, 0.5) is 0 Å². The molecule has 1 fully saturated rings. The lowest BCUT2D eigenvalue weighted by atomic mass is 10.0. The van der Waals surface area contributed by atoms with E-state index in [1.165, 1.54) is 11.8 Å². The molecule has 2 aromatic heterocycles. The molecule has 4 heterocycles. The molecule has 2 aliphatic heterocycles. The first-order chi connectivity index (χ1) is 21.8. The molecular formula is C28H25N6O10S2-. The van der Waals surface area contributed by atoms with Gasteiger partial charge in [-0.2, -0.15) is 0 Å². The van der Waals surface area contributed by atoms with E-state index in [0.717, 1.165) is 11.2 Å². The van der Waals surface area contributed by atoms with Crippen molar-refractivity contribution in [3.05, 3.63) is 95.0 Å². The molecule has 5 rings (SSSR count). The molecule has 46 heavy (non-hydrogen) atoms. The summed E-state index contributed by atoms with van der Waals surface area (Å²) in [7, 11) is -4.38. The van der Waals surface area contributed by atoms with Gasteiger partial charge in [-0.15, -0.1) is 11.8 Å². The third-order valence-electron chi connectivity index (χ3n) is 7.25. The number of amides is 3. The first-order valence-corrected chi connectivity index (χ1v) is 16.2. The van der Waals surface area contributed by atoms with Crippen molar-refractivity contribution in [3.8, 4) is 0 Å². The molecule has 0 saturated carbocycles. The summed E-state index contributed by atoms with van der Waals surface area (Å²) in [5.41, 5.74) is 0.0263. The fraction of sp³-hybridized carbons (Fsp3) is 0.250. The van der Waals surface area contributed by atoms with Crippen LogP contribution in [0.2, 0.25) is 0 Å². The summed E-state index contributed by atoms with van der Waals surface area (Å²) in [6.07, 6.45) is 4.22. The molecule has 1 aromatic carbocycles. The van der Waals surface area contributed by atoms with Crippen LogP contribution >= 0.6 is 11.8 Å². The maximum absolute atomic E-state index is 13.5. The van der Waals surface area contributed by atoms with Crippen molar-refractivity contribution >= 4 is 51.5 Å². The van der Waals surface area contributed by atoms with Gasteiger partial charge in [-0.3, -0.25) is 19.3 Å². The smallest absolute Gasteiger partial charge is 0.354 e. The van der Waals surface area contributed by atoms with Crippen LogP contribution in [-0.2, 0) is 37.5 Å². The number of carboxylic acids is 2. The summed E-state index contributed by atoms with van der Waals surface area (Å²) in [6.45, 7) is 0.0671. The van der Waals surface area contributed by atoms with Crippen molar-refractivity contribution in [2.45, 2.75) is 30.4 Å². The number of aryl methyl sites for hydroxylation is 1. The Hall–Kier alpha value is -5.07. The van der Waals surface area contributed by atoms with Gasteiger partial charge in [0.1, 0.15) is 17.5 Å². The molecule has 240 valence electrons. The maximum atomic E-state index is 13.5. The minimum atomic E-state index is -4.38. The highest BCUT2D eigenvalue weighted by Crippen LogP contribution is 2.40. The number of carbonyl (C=O) groups excluding carboxylic acids is 4. The molecule has 3 amide bonds. The van der Waals surface area contributed by atoms with Gasteiger partial charge < -0.3 is 35.2 Å². The molecule has 0 spiro atoms. The lowest BCUT2D eigenvalue weighted by Gasteiger charge is -2.50. The largest absolute Gasteiger partial charge is 0.748 e. The van der Waals surface area contributed by atoms with Crippen LogP contribution in [0.15, 0.2) is 72.5 Å². The normalized spacial score (nSPS) is 18.3. The van der Waals surface area contributed by atoms with E-state index < -0.39 is 74.4 Å². The number of fused-ring (bicyclic) bond motifs is 1. The van der Waals surface area contributed by atoms with E-state index >= 15 is 0 Å². The van der Waals surface area contributed by atoms with E-state index in [-0.39, 0.29) is 24.4 Å². The Morgan fingerprint density at radius 1 is 1.15 bits per heavy atom. The van der Waals surface area contributed by atoms with Crippen LogP contribution in [0.5, 0.6) is 0 Å². The van der Waals surface area contributed by atoms with Crippen LogP contribution in [-0.4, -0.2) is 85.5 Å². The standard InChI is InChI=1S/C28H26N6O10S2/c35-23(18(16-4-2-1-3-5-16)31-24(36)19-20(27(38)39)30-14-29-19)32-21-25(37)34-22(28(40)41)17(13-45-26(21)34)12-33-9-6-15(7-10-33)8-11-46(42,43)44/h1-7,9-10,14,18,21,26H,8,11-13H2,(H5-,29,30,31,32,35,36,38,39,40,41,42,43,44)/p-1/t18-,21-,26-/m1/s1. The number of hydrogen-bond acceptors (Lipinski definition) is 11. The van der Waals surface area contributed by atoms with Crippen molar-refractivity contribution in [2.75, 3.05) is 11.5 Å². The Kier molecular flexibility index (Phi) is 9.22. The number of H-pyrrole nitrogens is 1. The number of imidazole rings is 1. The van der Waals surface area contributed by atoms with Gasteiger partial charge in [-0.25, -0.2) is 22.8 Å². The first kappa shape index (κ1) is 32.3. The summed E-state index contributed by atoms with van der Waals surface area (Å²) < 4.78 is 34.3. The Labute approximate surface area is 265 Å². The molecule has 1 saturated heterocycles. The van der Waals surface area contributed by atoms with Gasteiger partial charge in [0.15, 0.2) is 30.3 Å². The second kappa shape index (κ2) is 13.1. The zero-order valence-electron chi connectivity index (χ0n) is 23.6. The fourth-order valence-corrected chi connectivity index (χ4v) is 6.85. The molecular weight excluding hydrogens is 644 g/mol. The molecule has 0 radical (unpaired) electrons. The quantitative estimate of drug-likeness (QED) is 0.0935. The monoisotopic (exact) mass is 669 g/mol. The summed E-state index contributed by atoms with van der Waals surface area (Å²) in [5.74, 6) is -5.86. The molecule has 3 atom stereocenters. The lowest BCUT2D eigenvalue weighted by Crippen LogP contribution is -2.71. The number of carboxylic acid groups (broad SMARTS) is 2. The highest BCUT2D eigenvalue weighted by Gasteiger charge is 2.53. The third-order valence-corrected chi connectivity index (χ3v) is 9.30. The van der Waals surface area contributed by atoms with E-state index in [4.69, 9.17) is 0 Å². The number of nitrogens with one attached hydrogen (secondary N) is 3. The fourth-order valence-electron chi connectivity index (χ4n) is 5.03. The van der Waals surface area contributed by atoms with Crippen LogP contribution in [0.1, 0.15) is 38.1 Å². The number of carbonyl (C=O) groups is 5. The second-order valence-corrected chi connectivity index (χ2v) is 12.9. The number of aliphatic carboxylic acids is 1. The Morgan fingerprint density at radius 3 is 2.48 bits per heavy atom. The van der Waals surface area contributed by atoms with Gasteiger partial charge in [0.2, 0.25) is 5.91 Å². The molecule has 16 nitrogen and oxygen atoms in total. The summed E-state index contributed by atoms with van der Waals surface area (Å²) in [6, 6.07) is 8.72. The number of nitrogens with zero attached hydrogens (tertiary/aromatic N) is 3. The zero-order valence-corrected chi connectivity index (χ0v) is 25.2. The number of β-lactam (4-membered cyclic amide) rings is 1. The van der Waals surface area contributed by atoms with E-state index in [1.807, 2.05) is 0 Å². The maximum Gasteiger partial charge on any atom is 0.354 e. The van der Waals surface area contributed by atoms with Crippen molar-refractivity contribution in [1.29, 1.82) is 0 Å². The molecule has 18 heteroatoms. The van der Waals surface area contributed by atoms with Crippen molar-refractivity contribution in [3.63, 3.8) is 0 Å². The predicted molar refractivity (Wildman–Crippen MR) is 154 cm³/mol. The van der Waals surface area contributed by atoms with Gasteiger partial charge >= 0.3 is 5.97 Å². The van der Waals surface area contributed by atoms with Crippen LogP contribution < -0.4 is 20.3 Å². The molecule has 2 aliphatic rings. The second-order valence-electron chi connectivity index (χ2n) is 10.3. The predicted octanol–water partition coefficient (Wildman–Crippen LogP) is -1.94. The minimum Gasteiger partial charge on any atom is -0.748 e. The number of aromatic amines is 1. The Bertz CT molecular complexity index is 1840. The first-order valence-electron chi connectivity index (χ1n) is 13.6.